The van der Waals surface area contributed by atoms with Crippen LogP contribution in [0.5, 0.6) is 11.6 Å². The fourth-order valence-electron chi connectivity index (χ4n) is 1.65. The Labute approximate surface area is 138 Å². The first kappa shape index (κ1) is 17.2. The Morgan fingerprint density at radius 2 is 2.04 bits per heavy atom. The summed E-state index contributed by atoms with van der Waals surface area (Å²) in [4.78, 5) is 25.6. The minimum Gasteiger partial charge on any atom is -0.444 e. The summed E-state index contributed by atoms with van der Waals surface area (Å²) in [6.45, 7) is 5.28. The van der Waals surface area contributed by atoms with Gasteiger partial charge in [-0.25, -0.2) is 9.78 Å². The molecule has 0 saturated heterocycles. The summed E-state index contributed by atoms with van der Waals surface area (Å²) in [6.07, 6.45) is 0.488. The van der Waals surface area contributed by atoms with Crippen molar-refractivity contribution in [3.8, 4) is 11.6 Å². The van der Waals surface area contributed by atoms with E-state index in [9.17, 15) is 14.9 Å². The molecule has 0 bridgehead atoms. The molecule has 8 nitrogen and oxygen atoms in total. The lowest BCUT2D eigenvalue weighted by atomic mass is 10.2. The van der Waals surface area contributed by atoms with Gasteiger partial charge in [0.1, 0.15) is 17.5 Å². The summed E-state index contributed by atoms with van der Waals surface area (Å²) in [5, 5.41) is 13.1. The minimum atomic E-state index is -0.610. The first-order chi connectivity index (χ1) is 11.2. The molecule has 1 N–H and O–H groups in total. The number of carbonyl (C=O) groups excluding carboxylic acids is 1. The van der Waals surface area contributed by atoms with Crippen molar-refractivity contribution in [1.29, 1.82) is 0 Å². The number of carbonyl (C=O) groups is 1. The van der Waals surface area contributed by atoms with Crippen molar-refractivity contribution >= 4 is 17.5 Å². The molecular formula is C16H16N3O5. The van der Waals surface area contributed by atoms with Gasteiger partial charge in [-0.1, -0.05) is 6.07 Å². The topological polar surface area (TPSA) is 104 Å². The van der Waals surface area contributed by atoms with Crippen LogP contribution in [0.2, 0.25) is 0 Å². The third-order valence-corrected chi connectivity index (χ3v) is 2.55. The molecule has 0 spiro atoms. The predicted octanol–water partition coefficient (Wildman–Crippen LogP) is 3.93. The second-order valence-corrected chi connectivity index (χ2v) is 5.77. The molecule has 1 aromatic heterocycles. The zero-order valence-electron chi connectivity index (χ0n) is 13.4. The molecule has 1 amide bonds. The Kier molecular flexibility index (Phi) is 4.98. The molecule has 1 aromatic carbocycles. The van der Waals surface area contributed by atoms with E-state index < -0.39 is 16.6 Å². The summed E-state index contributed by atoms with van der Waals surface area (Å²) in [7, 11) is 0. The lowest BCUT2D eigenvalue weighted by molar-refractivity contribution is -0.385. The number of pyridine rings is 1. The molecule has 0 atom stereocenters. The molecule has 0 saturated carbocycles. The van der Waals surface area contributed by atoms with E-state index in [1.165, 1.54) is 12.1 Å². The Balaban J connectivity index is 2.04. The smallest absolute Gasteiger partial charge is 0.412 e. The molecule has 8 heteroatoms. The van der Waals surface area contributed by atoms with Crippen LogP contribution in [0, 0.1) is 16.2 Å². The van der Waals surface area contributed by atoms with Gasteiger partial charge >= 0.3 is 6.09 Å². The zero-order valence-corrected chi connectivity index (χ0v) is 13.4. The molecule has 0 aliphatic rings. The number of rotatable bonds is 4. The highest BCUT2D eigenvalue weighted by Gasteiger charge is 2.16. The molecule has 0 aliphatic carbocycles. The van der Waals surface area contributed by atoms with Crippen LogP contribution in [0.3, 0.4) is 0 Å². The van der Waals surface area contributed by atoms with Gasteiger partial charge in [0.2, 0.25) is 5.88 Å². The Morgan fingerprint density at radius 1 is 1.29 bits per heavy atom. The van der Waals surface area contributed by atoms with E-state index in [1.54, 1.807) is 39.0 Å². The van der Waals surface area contributed by atoms with Crippen molar-refractivity contribution in [2.24, 2.45) is 0 Å². The molecule has 24 heavy (non-hydrogen) atoms. The van der Waals surface area contributed by atoms with Crippen LogP contribution >= 0.6 is 0 Å². The summed E-state index contributed by atoms with van der Waals surface area (Å²) < 4.78 is 10.6. The standard InChI is InChI=1S/C16H16N3O5/c1-16(2,3)24-15(20)18-11-5-4-6-13(9-11)23-14-8-7-12(10-17-14)19(21)22/h4-8,10H,1-3H3,(H,18,20). The van der Waals surface area contributed by atoms with E-state index >= 15 is 0 Å². The largest absolute Gasteiger partial charge is 0.444 e. The maximum atomic E-state index is 11.7. The molecule has 2 aromatic rings. The van der Waals surface area contributed by atoms with Crippen LogP contribution in [-0.4, -0.2) is 21.6 Å². The first-order valence-corrected chi connectivity index (χ1v) is 7.03. The second-order valence-electron chi connectivity index (χ2n) is 5.77. The zero-order chi connectivity index (χ0) is 17.7. The molecule has 0 fully saturated rings. The van der Waals surface area contributed by atoms with Crippen LogP contribution in [0.1, 0.15) is 20.8 Å². The van der Waals surface area contributed by atoms with E-state index in [2.05, 4.69) is 16.4 Å². The van der Waals surface area contributed by atoms with Gasteiger partial charge in [0.25, 0.3) is 5.69 Å². The Bertz CT molecular complexity index is 738. The summed E-state index contributed by atoms with van der Waals surface area (Å²) in [5.74, 6) is 0.469. The van der Waals surface area contributed by atoms with Gasteiger partial charge in [0, 0.05) is 12.1 Å². The minimum absolute atomic E-state index is 0.133. The number of nitrogens with zero attached hydrogens (tertiary/aromatic N) is 2. The van der Waals surface area contributed by atoms with Crippen molar-refractivity contribution in [2.45, 2.75) is 26.4 Å². The lowest BCUT2D eigenvalue weighted by Gasteiger charge is -2.19. The van der Waals surface area contributed by atoms with Gasteiger partial charge in [-0.2, -0.15) is 0 Å². The number of nitro groups is 1. The van der Waals surface area contributed by atoms with Crippen molar-refractivity contribution in [3.05, 3.63) is 52.7 Å². The van der Waals surface area contributed by atoms with Crippen molar-refractivity contribution in [3.63, 3.8) is 0 Å². The van der Waals surface area contributed by atoms with Crippen LogP contribution in [0.25, 0.3) is 0 Å². The number of benzene rings is 1. The van der Waals surface area contributed by atoms with Crippen molar-refractivity contribution in [2.75, 3.05) is 5.32 Å². The highest BCUT2D eigenvalue weighted by molar-refractivity contribution is 5.84. The fraction of sp³-hybridized carbons (Fsp3) is 0.250. The number of ether oxygens (including phenoxy) is 2. The monoisotopic (exact) mass is 330 g/mol. The third-order valence-electron chi connectivity index (χ3n) is 2.55. The Morgan fingerprint density at radius 3 is 2.62 bits per heavy atom. The molecule has 2 rings (SSSR count). The maximum absolute atomic E-state index is 11.7. The molecule has 0 aliphatic heterocycles. The molecule has 1 radical (unpaired) electrons. The number of aromatic nitrogens is 1. The SMILES string of the molecule is CC(C)(C)OC(=O)Nc1[c]c(Oc2ccc([N+](=O)[O-])cn2)ccc1. The average Bonchev–Trinajstić information content (AvgIpc) is 2.46. The predicted molar refractivity (Wildman–Crippen MR) is 86.1 cm³/mol. The van der Waals surface area contributed by atoms with Crippen LogP contribution < -0.4 is 10.1 Å². The number of hydrogen-bond donors (Lipinski definition) is 1. The van der Waals surface area contributed by atoms with Crippen LogP contribution in [-0.2, 0) is 4.74 Å². The normalized spacial score (nSPS) is 10.8. The van der Waals surface area contributed by atoms with E-state index in [4.69, 9.17) is 9.47 Å². The molecule has 0 unspecified atom stereocenters. The lowest BCUT2D eigenvalue weighted by Crippen LogP contribution is -2.27. The van der Waals surface area contributed by atoms with Crippen molar-refractivity contribution < 1.29 is 19.2 Å². The quantitative estimate of drug-likeness (QED) is 0.673. The van der Waals surface area contributed by atoms with Gasteiger partial charge < -0.3 is 9.47 Å². The second kappa shape index (κ2) is 6.95. The highest BCUT2D eigenvalue weighted by Crippen LogP contribution is 2.23. The summed E-state index contributed by atoms with van der Waals surface area (Å²) in [5.41, 5.74) is -0.378. The maximum Gasteiger partial charge on any atom is 0.412 e. The number of nitrogens with one attached hydrogen (secondary N) is 1. The van der Waals surface area contributed by atoms with E-state index in [0.29, 0.717) is 11.4 Å². The van der Waals surface area contributed by atoms with Crippen LogP contribution in [0.15, 0.2) is 36.5 Å². The molecule has 125 valence electrons. The van der Waals surface area contributed by atoms with Gasteiger partial charge in [0.15, 0.2) is 0 Å². The van der Waals surface area contributed by atoms with Gasteiger partial charge in [0.05, 0.1) is 16.7 Å². The third kappa shape index (κ3) is 5.24. The first-order valence-electron chi connectivity index (χ1n) is 7.03. The number of hydrogen-bond acceptors (Lipinski definition) is 6. The van der Waals surface area contributed by atoms with Gasteiger partial charge in [-0.3, -0.25) is 15.4 Å². The van der Waals surface area contributed by atoms with E-state index in [1.807, 2.05) is 0 Å². The average molecular weight is 330 g/mol. The highest BCUT2D eigenvalue weighted by atomic mass is 16.6. The van der Waals surface area contributed by atoms with Gasteiger partial charge in [-0.15, -0.1) is 0 Å². The Hall–Kier alpha value is -3.16. The summed E-state index contributed by atoms with van der Waals surface area (Å²) >= 11 is 0. The fourth-order valence-corrected chi connectivity index (χ4v) is 1.65. The number of anilines is 1. The van der Waals surface area contributed by atoms with E-state index in [-0.39, 0.29) is 11.6 Å². The number of amides is 1. The van der Waals surface area contributed by atoms with Crippen molar-refractivity contribution in [1.82, 2.24) is 4.98 Å². The summed E-state index contributed by atoms with van der Waals surface area (Å²) in [6, 6.07) is 10.4. The van der Waals surface area contributed by atoms with Gasteiger partial charge in [-0.05, 0) is 32.9 Å². The van der Waals surface area contributed by atoms with E-state index in [0.717, 1.165) is 6.20 Å². The van der Waals surface area contributed by atoms with Crippen LogP contribution in [0.4, 0.5) is 16.2 Å². The molecule has 1 heterocycles. The molecular weight excluding hydrogens is 314 g/mol.